The molecular formula is C22H21N3O3S. The number of benzene rings is 2. The number of imidazole rings is 1. The lowest BCUT2D eigenvalue weighted by Gasteiger charge is -2.07. The predicted molar refractivity (Wildman–Crippen MR) is 114 cm³/mol. The second kappa shape index (κ2) is 8.36. The fourth-order valence-corrected chi connectivity index (χ4v) is 3.94. The minimum Gasteiger partial charge on any atom is -0.497 e. The van der Waals surface area contributed by atoms with Crippen LogP contribution in [0, 0.1) is 0 Å². The van der Waals surface area contributed by atoms with E-state index in [2.05, 4.69) is 10.3 Å². The second-order valence-electron chi connectivity index (χ2n) is 6.54. The summed E-state index contributed by atoms with van der Waals surface area (Å²) in [6.45, 7) is 0.463. The smallest absolute Gasteiger partial charge is 0.226 e. The van der Waals surface area contributed by atoms with Crippen molar-refractivity contribution in [2.24, 2.45) is 0 Å². The van der Waals surface area contributed by atoms with Crippen molar-refractivity contribution in [1.29, 1.82) is 0 Å². The molecule has 29 heavy (non-hydrogen) atoms. The molecule has 2 aromatic carbocycles. The van der Waals surface area contributed by atoms with Gasteiger partial charge in [0.05, 0.1) is 26.3 Å². The van der Waals surface area contributed by atoms with Crippen molar-refractivity contribution < 1.29 is 14.3 Å². The van der Waals surface area contributed by atoms with Gasteiger partial charge in [-0.15, -0.1) is 11.3 Å². The van der Waals surface area contributed by atoms with Gasteiger partial charge in [0.1, 0.15) is 11.5 Å². The lowest BCUT2D eigenvalue weighted by atomic mass is 10.1. The summed E-state index contributed by atoms with van der Waals surface area (Å²) in [6.07, 6.45) is 2.26. The van der Waals surface area contributed by atoms with Gasteiger partial charge >= 0.3 is 0 Å². The number of amides is 1. The highest BCUT2D eigenvalue weighted by atomic mass is 32.1. The minimum absolute atomic E-state index is 0.0350. The van der Waals surface area contributed by atoms with Crippen LogP contribution in [0.4, 0.5) is 0 Å². The number of ether oxygens (including phenoxy) is 2. The molecular weight excluding hydrogens is 386 g/mol. The first-order chi connectivity index (χ1) is 14.2. The van der Waals surface area contributed by atoms with Crippen molar-refractivity contribution in [2.45, 2.75) is 13.0 Å². The van der Waals surface area contributed by atoms with Crippen LogP contribution in [0.5, 0.6) is 11.5 Å². The van der Waals surface area contributed by atoms with Gasteiger partial charge in [-0.05, 0) is 42.0 Å². The molecule has 148 valence electrons. The summed E-state index contributed by atoms with van der Waals surface area (Å²) in [7, 11) is 3.28. The summed E-state index contributed by atoms with van der Waals surface area (Å²) in [5.41, 5.74) is 3.80. The molecule has 0 aliphatic rings. The highest BCUT2D eigenvalue weighted by molar-refractivity contribution is 7.15. The van der Waals surface area contributed by atoms with E-state index in [-0.39, 0.29) is 5.91 Å². The van der Waals surface area contributed by atoms with Crippen molar-refractivity contribution in [3.05, 3.63) is 71.4 Å². The molecule has 0 saturated carbocycles. The van der Waals surface area contributed by atoms with Gasteiger partial charge in [0.25, 0.3) is 0 Å². The molecule has 1 N–H and O–H groups in total. The molecule has 0 aliphatic heterocycles. The van der Waals surface area contributed by atoms with Crippen LogP contribution in [0.3, 0.4) is 0 Å². The summed E-state index contributed by atoms with van der Waals surface area (Å²) in [6, 6.07) is 15.5. The molecule has 6 nitrogen and oxygen atoms in total. The van der Waals surface area contributed by atoms with Crippen LogP contribution < -0.4 is 14.8 Å². The standard InChI is InChI=1S/C22H21N3O3S/c1-27-18-8-6-16(7-9-18)20-13-25-17(14-29-22(25)24-20)11-21(26)23-12-15-4-3-5-19(10-15)28-2/h3-10,13-14H,11-12H2,1-2H3,(H,23,26). The number of hydrogen-bond acceptors (Lipinski definition) is 5. The number of aromatic nitrogens is 2. The fraction of sp³-hybridized carbons (Fsp3) is 0.182. The average Bonchev–Trinajstić information content (AvgIpc) is 3.34. The predicted octanol–water partition coefficient (Wildman–Crippen LogP) is 3.94. The van der Waals surface area contributed by atoms with E-state index in [9.17, 15) is 4.79 Å². The lowest BCUT2D eigenvalue weighted by Crippen LogP contribution is -2.25. The molecule has 0 aliphatic carbocycles. The van der Waals surface area contributed by atoms with Gasteiger partial charge in [-0.3, -0.25) is 9.20 Å². The molecule has 0 atom stereocenters. The molecule has 0 bridgehead atoms. The number of nitrogens with one attached hydrogen (secondary N) is 1. The van der Waals surface area contributed by atoms with Gasteiger partial charge < -0.3 is 14.8 Å². The third kappa shape index (κ3) is 4.25. The van der Waals surface area contributed by atoms with Crippen LogP contribution >= 0.6 is 11.3 Å². The molecule has 0 fully saturated rings. The summed E-state index contributed by atoms with van der Waals surface area (Å²) in [5, 5.41) is 4.94. The number of hydrogen-bond donors (Lipinski definition) is 1. The summed E-state index contributed by atoms with van der Waals surface area (Å²) in [4.78, 5) is 18.0. The average molecular weight is 407 g/mol. The first-order valence-corrected chi connectivity index (χ1v) is 10.0. The summed E-state index contributed by atoms with van der Waals surface area (Å²) < 4.78 is 12.4. The van der Waals surface area contributed by atoms with Crippen LogP contribution in [0.1, 0.15) is 11.3 Å². The zero-order valence-electron chi connectivity index (χ0n) is 16.2. The summed E-state index contributed by atoms with van der Waals surface area (Å²) in [5.74, 6) is 1.55. The molecule has 0 spiro atoms. The number of fused-ring (bicyclic) bond motifs is 1. The van der Waals surface area contributed by atoms with Crippen LogP contribution in [-0.4, -0.2) is 29.5 Å². The largest absolute Gasteiger partial charge is 0.497 e. The molecule has 0 unspecified atom stereocenters. The van der Waals surface area contributed by atoms with Gasteiger partial charge in [0.2, 0.25) is 5.91 Å². The zero-order chi connectivity index (χ0) is 20.2. The maximum atomic E-state index is 12.4. The summed E-state index contributed by atoms with van der Waals surface area (Å²) >= 11 is 1.53. The van der Waals surface area contributed by atoms with Gasteiger partial charge in [0.15, 0.2) is 4.96 Å². The number of methoxy groups -OCH3 is 2. The Labute approximate surface area is 172 Å². The van der Waals surface area contributed by atoms with E-state index in [4.69, 9.17) is 9.47 Å². The van der Waals surface area contributed by atoms with E-state index in [1.807, 2.05) is 64.5 Å². The van der Waals surface area contributed by atoms with Gasteiger partial charge in [-0.25, -0.2) is 4.98 Å². The molecule has 2 aromatic heterocycles. The van der Waals surface area contributed by atoms with E-state index in [1.54, 1.807) is 14.2 Å². The topological polar surface area (TPSA) is 64.9 Å². The van der Waals surface area contributed by atoms with Gasteiger partial charge in [-0.1, -0.05) is 12.1 Å². The Kier molecular flexibility index (Phi) is 5.48. The first kappa shape index (κ1) is 19.0. The number of nitrogens with zero attached hydrogens (tertiary/aromatic N) is 2. The minimum atomic E-state index is -0.0350. The monoisotopic (exact) mass is 407 g/mol. The van der Waals surface area contributed by atoms with Crippen molar-refractivity contribution in [2.75, 3.05) is 14.2 Å². The van der Waals surface area contributed by atoms with Gasteiger partial charge in [0, 0.05) is 29.4 Å². The Bertz CT molecular complexity index is 1130. The molecule has 1 amide bonds. The fourth-order valence-electron chi connectivity index (χ4n) is 3.07. The zero-order valence-corrected chi connectivity index (χ0v) is 17.0. The normalized spacial score (nSPS) is 10.8. The third-order valence-corrected chi connectivity index (χ3v) is 5.52. The van der Waals surface area contributed by atoms with Crippen molar-refractivity contribution in [3.8, 4) is 22.8 Å². The number of rotatable bonds is 7. The Hall–Kier alpha value is -3.32. The first-order valence-electron chi connectivity index (χ1n) is 9.16. The number of carbonyl (C=O) groups excluding carboxylic acids is 1. The van der Waals surface area contributed by atoms with Crippen LogP contribution in [0.2, 0.25) is 0 Å². The molecule has 0 radical (unpaired) electrons. The molecule has 2 heterocycles. The Morgan fingerprint density at radius 3 is 2.66 bits per heavy atom. The van der Waals surface area contributed by atoms with Crippen LogP contribution in [-0.2, 0) is 17.8 Å². The number of carbonyl (C=O) groups is 1. The third-order valence-electron chi connectivity index (χ3n) is 4.63. The number of thiazole rings is 1. The van der Waals surface area contributed by atoms with E-state index in [0.29, 0.717) is 13.0 Å². The molecule has 4 rings (SSSR count). The van der Waals surface area contributed by atoms with Crippen molar-refractivity contribution in [3.63, 3.8) is 0 Å². The SMILES string of the molecule is COc1ccc(-c2cn3c(CC(=O)NCc4cccc(OC)c4)csc3n2)cc1. The van der Waals surface area contributed by atoms with Crippen LogP contribution in [0.15, 0.2) is 60.1 Å². The lowest BCUT2D eigenvalue weighted by molar-refractivity contribution is -0.120. The van der Waals surface area contributed by atoms with Gasteiger partial charge in [-0.2, -0.15) is 0 Å². The van der Waals surface area contributed by atoms with E-state index >= 15 is 0 Å². The Morgan fingerprint density at radius 1 is 1.10 bits per heavy atom. The van der Waals surface area contributed by atoms with Crippen molar-refractivity contribution >= 4 is 22.2 Å². The van der Waals surface area contributed by atoms with E-state index in [1.165, 1.54) is 11.3 Å². The van der Waals surface area contributed by atoms with Crippen molar-refractivity contribution in [1.82, 2.24) is 14.7 Å². The highest BCUT2D eigenvalue weighted by Gasteiger charge is 2.13. The maximum absolute atomic E-state index is 12.4. The second-order valence-corrected chi connectivity index (χ2v) is 7.38. The van der Waals surface area contributed by atoms with E-state index < -0.39 is 0 Å². The molecule has 0 saturated heterocycles. The Morgan fingerprint density at radius 2 is 1.90 bits per heavy atom. The van der Waals surface area contributed by atoms with E-state index in [0.717, 1.165) is 39.0 Å². The maximum Gasteiger partial charge on any atom is 0.226 e. The van der Waals surface area contributed by atoms with Crippen LogP contribution in [0.25, 0.3) is 16.2 Å². The molecule has 4 aromatic rings. The molecule has 7 heteroatoms. The highest BCUT2D eigenvalue weighted by Crippen LogP contribution is 2.25. The quantitative estimate of drug-likeness (QED) is 0.504. The Balaban J connectivity index is 1.44.